The zero-order valence-electron chi connectivity index (χ0n) is 15.7. The third-order valence-electron chi connectivity index (χ3n) is 8.58. The fourth-order valence-corrected chi connectivity index (χ4v) is 7.30. The molecule has 0 saturated heterocycles. The molecule has 0 amide bonds. The first-order valence-corrected chi connectivity index (χ1v) is 10.2. The van der Waals surface area contributed by atoms with Crippen LogP contribution in [0.25, 0.3) is 0 Å². The van der Waals surface area contributed by atoms with Crippen LogP contribution in [0.5, 0.6) is 0 Å². The Kier molecular flexibility index (Phi) is 4.24. The molecule has 25 heavy (non-hydrogen) atoms. The lowest BCUT2D eigenvalue weighted by atomic mass is 9.47. The van der Waals surface area contributed by atoms with Crippen LogP contribution in [0.3, 0.4) is 0 Å². The zero-order valence-corrected chi connectivity index (χ0v) is 15.7. The maximum absolute atomic E-state index is 10.6. The molecule has 3 nitrogen and oxygen atoms in total. The summed E-state index contributed by atoms with van der Waals surface area (Å²) in [7, 11) is 0. The molecule has 0 heterocycles. The van der Waals surface area contributed by atoms with Gasteiger partial charge in [0.1, 0.15) is 0 Å². The van der Waals surface area contributed by atoms with Crippen molar-refractivity contribution in [3.05, 3.63) is 24.0 Å². The summed E-state index contributed by atoms with van der Waals surface area (Å²) in [6, 6.07) is 0. The maximum atomic E-state index is 10.6. The summed E-state index contributed by atoms with van der Waals surface area (Å²) in [5, 5.41) is 8.70. The Labute approximate surface area is 151 Å². The summed E-state index contributed by atoms with van der Waals surface area (Å²) < 4.78 is 4.65. The highest BCUT2D eigenvalue weighted by atomic mass is 16.7. The van der Waals surface area contributed by atoms with E-state index >= 15 is 0 Å². The van der Waals surface area contributed by atoms with Gasteiger partial charge in [0.25, 0.3) is 0 Å². The van der Waals surface area contributed by atoms with Crippen molar-refractivity contribution in [2.75, 3.05) is 0 Å². The van der Waals surface area contributed by atoms with Gasteiger partial charge in [0.2, 0.25) is 0 Å². The normalized spacial score (nSPS) is 46.1. The van der Waals surface area contributed by atoms with Crippen LogP contribution in [0.15, 0.2) is 24.0 Å². The minimum Gasteiger partial charge on any atom is -0.449 e. The van der Waals surface area contributed by atoms with Crippen molar-refractivity contribution in [1.29, 1.82) is 0 Å². The molecule has 0 unspecified atom stereocenters. The monoisotopic (exact) mass is 344 g/mol. The van der Waals surface area contributed by atoms with Crippen LogP contribution in [0.2, 0.25) is 0 Å². The van der Waals surface area contributed by atoms with E-state index in [9.17, 15) is 4.79 Å². The lowest BCUT2D eigenvalue weighted by Gasteiger charge is -2.58. The van der Waals surface area contributed by atoms with Crippen LogP contribution in [-0.2, 0) is 4.74 Å². The lowest BCUT2D eigenvalue weighted by Crippen LogP contribution is -2.49. The second kappa shape index (κ2) is 6.17. The molecular weight excluding hydrogens is 312 g/mol. The number of rotatable bonds is 2. The SMILES string of the molecule is C[C@]12CC[C@H]3[C@@H](CCC4=CCCC[C@@]43C)[C@@H]1CC[C@@H]2/C=C\OC(=O)O. The molecule has 138 valence electrons. The number of carbonyl (C=O) groups is 1. The maximum Gasteiger partial charge on any atom is 0.510 e. The largest absolute Gasteiger partial charge is 0.510 e. The molecule has 0 aromatic rings. The molecule has 4 rings (SSSR count). The summed E-state index contributed by atoms with van der Waals surface area (Å²) in [5.41, 5.74) is 2.56. The van der Waals surface area contributed by atoms with Gasteiger partial charge in [0, 0.05) is 0 Å². The van der Waals surface area contributed by atoms with Crippen LogP contribution in [0.1, 0.15) is 71.6 Å². The van der Waals surface area contributed by atoms with Gasteiger partial charge in [0.05, 0.1) is 6.26 Å². The minimum atomic E-state index is -1.21. The van der Waals surface area contributed by atoms with Crippen LogP contribution >= 0.6 is 0 Å². The number of fused-ring (bicyclic) bond motifs is 5. The standard InChI is InChI=1S/C22H32O3/c1-21-12-4-3-5-15(21)6-8-17-18-9-7-16(11-14-25-20(23)24)22(18,2)13-10-19(17)21/h5,11,14,16-19H,3-4,6-10,12-13H2,1-2H3,(H,23,24)/b14-11-/t16-,17+,18+,19+,21+,22-/m1/s1. The highest BCUT2D eigenvalue weighted by Gasteiger charge is 2.58. The summed E-state index contributed by atoms with van der Waals surface area (Å²) >= 11 is 0. The Hall–Kier alpha value is -1.25. The van der Waals surface area contributed by atoms with E-state index < -0.39 is 6.16 Å². The summed E-state index contributed by atoms with van der Waals surface area (Å²) in [4.78, 5) is 10.6. The molecule has 0 aromatic heterocycles. The molecule has 0 aliphatic heterocycles. The molecule has 4 aliphatic carbocycles. The minimum absolute atomic E-state index is 0.325. The number of allylic oxidation sites excluding steroid dienone is 3. The second-order valence-corrected chi connectivity index (χ2v) is 9.40. The van der Waals surface area contributed by atoms with Crippen molar-refractivity contribution in [2.24, 2.45) is 34.5 Å². The first kappa shape index (κ1) is 17.2. The van der Waals surface area contributed by atoms with E-state index in [0.29, 0.717) is 16.7 Å². The van der Waals surface area contributed by atoms with Gasteiger partial charge in [-0.05, 0) is 98.4 Å². The quantitative estimate of drug-likeness (QED) is 0.370. The van der Waals surface area contributed by atoms with Gasteiger partial charge in [-0.1, -0.05) is 25.5 Å². The van der Waals surface area contributed by atoms with E-state index in [1.165, 1.54) is 64.0 Å². The Morgan fingerprint density at radius 2 is 2.04 bits per heavy atom. The van der Waals surface area contributed by atoms with Crippen molar-refractivity contribution in [1.82, 2.24) is 0 Å². The zero-order chi connectivity index (χ0) is 17.7. The molecule has 3 heteroatoms. The molecular formula is C22H32O3. The molecule has 3 saturated carbocycles. The van der Waals surface area contributed by atoms with Crippen LogP contribution in [-0.4, -0.2) is 11.3 Å². The molecule has 3 fully saturated rings. The van der Waals surface area contributed by atoms with Crippen molar-refractivity contribution in [3.8, 4) is 0 Å². The summed E-state index contributed by atoms with van der Waals surface area (Å²) in [5.74, 6) is 2.99. The molecule has 0 radical (unpaired) electrons. The number of carboxylic acid groups (broad SMARTS) is 1. The molecule has 4 aliphatic rings. The predicted octanol–water partition coefficient (Wildman–Crippen LogP) is 6.16. The predicted molar refractivity (Wildman–Crippen MR) is 98.1 cm³/mol. The smallest absolute Gasteiger partial charge is 0.449 e. The number of ether oxygens (including phenoxy) is 1. The molecule has 6 atom stereocenters. The van der Waals surface area contributed by atoms with E-state index in [1.54, 1.807) is 5.57 Å². The van der Waals surface area contributed by atoms with Gasteiger partial charge in [-0.15, -0.1) is 0 Å². The van der Waals surface area contributed by atoms with Crippen LogP contribution < -0.4 is 0 Å². The average Bonchev–Trinajstić information content (AvgIpc) is 2.91. The van der Waals surface area contributed by atoms with Crippen LogP contribution in [0, 0.1) is 34.5 Å². The van der Waals surface area contributed by atoms with E-state index in [2.05, 4.69) is 24.7 Å². The fourth-order valence-electron chi connectivity index (χ4n) is 7.30. The van der Waals surface area contributed by atoms with Gasteiger partial charge >= 0.3 is 6.16 Å². The molecule has 1 N–H and O–H groups in total. The van der Waals surface area contributed by atoms with Gasteiger partial charge in [0.15, 0.2) is 0 Å². The number of hydrogen-bond acceptors (Lipinski definition) is 2. The first-order chi connectivity index (χ1) is 11.9. The lowest BCUT2D eigenvalue weighted by molar-refractivity contribution is -0.0453. The molecule has 0 bridgehead atoms. The second-order valence-electron chi connectivity index (χ2n) is 9.40. The third kappa shape index (κ3) is 2.65. The van der Waals surface area contributed by atoms with Crippen LogP contribution in [0.4, 0.5) is 4.79 Å². The Bertz CT molecular complexity index is 606. The topological polar surface area (TPSA) is 46.5 Å². The molecule has 0 spiro atoms. The summed E-state index contributed by atoms with van der Waals surface area (Å²) in [6.45, 7) is 5.02. The van der Waals surface area contributed by atoms with Gasteiger partial charge in [-0.25, -0.2) is 4.79 Å². The van der Waals surface area contributed by atoms with E-state index in [4.69, 9.17) is 5.11 Å². The Balaban J connectivity index is 1.55. The molecule has 0 aromatic carbocycles. The average molecular weight is 344 g/mol. The Morgan fingerprint density at radius 1 is 1.20 bits per heavy atom. The van der Waals surface area contributed by atoms with E-state index in [1.807, 2.05) is 6.08 Å². The summed E-state index contributed by atoms with van der Waals surface area (Å²) in [6.07, 6.45) is 16.6. The van der Waals surface area contributed by atoms with Gasteiger partial charge < -0.3 is 9.84 Å². The van der Waals surface area contributed by atoms with E-state index in [-0.39, 0.29) is 0 Å². The van der Waals surface area contributed by atoms with E-state index in [0.717, 1.165) is 17.8 Å². The Morgan fingerprint density at radius 3 is 2.84 bits per heavy atom. The first-order valence-electron chi connectivity index (χ1n) is 10.2. The number of hydrogen-bond donors (Lipinski definition) is 1. The van der Waals surface area contributed by atoms with Crippen molar-refractivity contribution < 1.29 is 14.6 Å². The third-order valence-corrected chi connectivity index (χ3v) is 8.58. The fraction of sp³-hybridized carbons (Fsp3) is 0.773. The van der Waals surface area contributed by atoms with Crippen molar-refractivity contribution >= 4 is 6.16 Å². The highest BCUT2D eigenvalue weighted by molar-refractivity contribution is 5.57. The van der Waals surface area contributed by atoms with Crippen molar-refractivity contribution in [2.45, 2.75) is 71.6 Å². The highest BCUT2D eigenvalue weighted by Crippen LogP contribution is 2.66. The van der Waals surface area contributed by atoms with Gasteiger partial charge in [-0.2, -0.15) is 0 Å². The van der Waals surface area contributed by atoms with Gasteiger partial charge in [-0.3, -0.25) is 0 Å². The van der Waals surface area contributed by atoms with Crippen molar-refractivity contribution in [3.63, 3.8) is 0 Å².